The molecule has 2 N–H and O–H groups in total. The minimum absolute atomic E-state index is 0.0829. The molecule has 0 aliphatic heterocycles. The van der Waals surface area contributed by atoms with Gasteiger partial charge in [0.2, 0.25) is 5.91 Å². The molecule has 180 valence electrons. The molecule has 1 atom stereocenters. The summed E-state index contributed by atoms with van der Waals surface area (Å²) in [7, 11) is 0. The molecule has 9 heteroatoms. The van der Waals surface area contributed by atoms with Crippen LogP contribution in [0.25, 0.3) is 0 Å². The molecule has 36 heavy (non-hydrogen) atoms. The van der Waals surface area contributed by atoms with Crippen LogP contribution in [0.3, 0.4) is 0 Å². The van der Waals surface area contributed by atoms with Gasteiger partial charge < -0.3 is 10.6 Å². The normalized spacial score (nSPS) is 11.4. The van der Waals surface area contributed by atoms with Gasteiger partial charge in [-0.05, 0) is 82.8 Å². The van der Waals surface area contributed by atoms with Crippen molar-refractivity contribution in [2.75, 3.05) is 10.6 Å². The average Bonchev–Trinajstić information content (AvgIpc) is 2.89. The topological polar surface area (TPSA) is 101 Å². The molecule has 0 aliphatic rings. The Morgan fingerprint density at radius 3 is 2.17 bits per heavy atom. The number of hydrogen-bond acceptors (Lipinski definition) is 5. The monoisotopic (exact) mass is 609 g/mol. The van der Waals surface area contributed by atoms with Gasteiger partial charge in [0, 0.05) is 37.5 Å². The first kappa shape index (κ1) is 25.4. The van der Waals surface area contributed by atoms with E-state index in [9.17, 15) is 19.7 Å². The zero-order valence-corrected chi connectivity index (χ0v) is 21.7. The Morgan fingerprint density at radius 1 is 0.806 bits per heavy atom. The molecule has 0 heterocycles. The summed E-state index contributed by atoms with van der Waals surface area (Å²) >= 11 is 3.59. The van der Waals surface area contributed by atoms with Gasteiger partial charge in [-0.15, -0.1) is 11.8 Å². The van der Waals surface area contributed by atoms with Gasteiger partial charge in [0.25, 0.3) is 11.6 Å². The van der Waals surface area contributed by atoms with Crippen LogP contribution in [0.5, 0.6) is 0 Å². The van der Waals surface area contributed by atoms with E-state index >= 15 is 0 Å². The van der Waals surface area contributed by atoms with Crippen LogP contribution in [-0.4, -0.2) is 16.7 Å². The molecule has 0 saturated carbocycles. The van der Waals surface area contributed by atoms with E-state index in [1.165, 1.54) is 36.0 Å². The zero-order valence-electron chi connectivity index (χ0n) is 18.8. The second kappa shape index (κ2) is 11.8. The van der Waals surface area contributed by atoms with Crippen molar-refractivity contribution in [2.45, 2.75) is 10.1 Å². The molecule has 0 spiro atoms. The van der Waals surface area contributed by atoms with Gasteiger partial charge >= 0.3 is 0 Å². The fourth-order valence-electron chi connectivity index (χ4n) is 3.36. The van der Waals surface area contributed by atoms with Crippen LogP contribution in [0.2, 0.25) is 0 Å². The lowest BCUT2D eigenvalue weighted by molar-refractivity contribution is -0.384. The highest BCUT2D eigenvalue weighted by Gasteiger charge is 2.22. The predicted octanol–water partition coefficient (Wildman–Crippen LogP) is 6.92. The number of carbonyl (C=O) groups excluding carboxylic acids is 2. The summed E-state index contributed by atoms with van der Waals surface area (Å²) in [4.78, 5) is 37.0. The number of thioether (sulfide) groups is 1. The molecule has 0 aromatic heterocycles. The number of hydrogen-bond donors (Lipinski definition) is 2. The zero-order chi connectivity index (χ0) is 25.5. The Hall–Kier alpha value is -3.70. The highest BCUT2D eigenvalue weighted by molar-refractivity contribution is 14.1. The summed E-state index contributed by atoms with van der Waals surface area (Å²) in [6.45, 7) is 0. The van der Waals surface area contributed by atoms with Gasteiger partial charge in [0.1, 0.15) is 5.25 Å². The first-order valence-corrected chi connectivity index (χ1v) is 12.8. The molecule has 1 unspecified atom stereocenters. The lowest BCUT2D eigenvalue weighted by Crippen LogP contribution is -2.19. The van der Waals surface area contributed by atoms with E-state index in [1.807, 2.05) is 60.7 Å². The highest BCUT2D eigenvalue weighted by Crippen LogP contribution is 2.37. The standard InChI is InChI=1S/C27H20IN3O4S/c28-20-11-13-21(14-12-20)29-27(33)25(18-5-2-1-3-6-18)36-24-8-4-7-22(17-24)30-26(32)19-9-15-23(16-10-19)31(34)35/h1-17,25H,(H,29,33)(H,30,32). The Morgan fingerprint density at radius 2 is 1.50 bits per heavy atom. The van der Waals surface area contributed by atoms with Crippen molar-refractivity contribution in [2.24, 2.45) is 0 Å². The highest BCUT2D eigenvalue weighted by atomic mass is 127. The number of non-ortho nitro benzene ring substituents is 1. The minimum atomic E-state index is -0.522. The number of nitro groups is 1. The van der Waals surface area contributed by atoms with E-state index < -0.39 is 10.2 Å². The summed E-state index contributed by atoms with van der Waals surface area (Å²) in [5.74, 6) is -0.546. The lowest BCUT2D eigenvalue weighted by Gasteiger charge is -2.18. The van der Waals surface area contributed by atoms with E-state index in [0.717, 1.165) is 14.0 Å². The number of benzene rings is 4. The fraction of sp³-hybridized carbons (Fsp3) is 0.0370. The van der Waals surface area contributed by atoms with Crippen LogP contribution in [0.4, 0.5) is 17.1 Å². The van der Waals surface area contributed by atoms with Crippen molar-refractivity contribution < 1.29 is 14.5 Å². The van der Waals surface area contributed by atoms with Crippen molar-refractivity contribution in [3.63, 3.8) is 0 Å². The van der Waals surface area contributed by atoms with E-state index in [-0.39, 0.29) is 17.5 Å². The maximum atomic E-state index is 13.3. The first-order valence-electron chi connectivity index (χ1n) is 10.8. The van der Waals surface area contributed by atoms with E-state index in [2.05, 4.69) is 33.2 Å². The number of nitrogens with zero attached hydrogens (tertiary/aromatic N) is 1. The summed E-state index contributed by atoms with van der Waals surface area (Å²) in [6.07, 6.45) is 0. The third-order valence-electron chi connectivity index (χ3n) is 5.14. The van der Waals surface area contributed by atoms with Gasteiger partial charge in [0.15, 0.2) is 0 Å². The van der Waals surface area contributed by atoms with Crippen molar-refractivity contribution in [3.8, 4) is 0 Å². The van der Waals surface area contributed by atoms with Crippen LogP contribution in [-0.2, 0) is 4.79 Å². The number of amides is 2. The number of halogens is 1. The Kier molecular flexibility index (Phi) is 8.34. The van der Waals surface area contributed by atoms with Gasteiger partial charge in [-0.25, -0.2) is 0 Å². The fourth-order valence-corrected chi connectivity index (χ4v) is 4.81. The van der Waals surface area contributed by atoms with E-state index in [0.29, 0.717) is 16.9 Å². The summed E-state index contributed by atoms with van der Waals surface area (Å²) in [5.41, 5.74) is 2.34. The molecule has 0 fully saturated rings. The van der Waals surface area contributed by atoms with Gasteiger partial charge in [-0.2, -0.15) is 0 Å². The van der Waals surface area contributed by atoms with Gasteiger partial charge in [-0.1, -0.05) is 36.4 Å². The molecule has 0 aliphatic carbocycles. The van der Waals surface area contributed by atoms with Gasteiger partial charge in [0.05, 0.1) is 4.92 Å². The third kappa shape index (κ3) is 6.70. The van der Waals surface area contributed by atoms with Crippen molar-refractivity contribution in [3.05, 3.63) is 128 Å². The van der Waals surface area contributed by atoms with E-state index in [1.54, 1.807) is 18.2 Å². The van der Waals surface area contributed by atoms with Crippen LogP contribution >= 0.6 is 34.4 Å². The second-order valence-corrected chi connectivity index (χ2v) is 10.1. The molecular weight excluding hydrogens is 589 g/mol. The van der Waals surface area contributed by atoms with Crippen molar-refractivity contribution in [1.82, 2.24) is 0 Å². The molecule has 2 amide bonds. The Labute approximate surface area is 225 Å². The number of rotatable bonds is 8. The maximum Gasteiger partial charge on any atom is 0.269 e. The number of nitro benzene ring substituents is 1. The van der Waals surface area contributed by atoms with Crippen LogP contribution in [0.1, 0.15) is 21.2 Å². The molecular formula is C27H20IN3O4S. The van der Waals surface area contributed by atoms with Crippen LogP contribution < -0.4 is 10.6 Å². The molecule has 7 nitrogen and oxygen atoms in total. The first-order chi connectivity index (χ1) is 17.4. The van der Waals surface area contributed by atoms with E-state index in [4.69, 9.17) is 0 Å². The number of anilines is 2. The SMILES string of the molecule is O=C(Nc1cccc(SC(C(=O)Nc2ccc(I)cc2)c2ccccc2)c1)c1ccc([N+](=O)[O-])cc1. The largest absolute Gasteiger partial charge is 0.325 e. The Balaban J connectivity index is 1.51. The van der Waals surface area contributed by atoms with Crippen LogP contribution in [0.15, 0.2) is 108 Å². The van der Waals surface area contributed by atoms with Crippen LogP contribution in [0, 0.1) is 13.7 Å². The number of nitrogens with one attached hydrogen (secondary N) is 2. The minimum Gasteiger partial charge on any atom is -0.325 e. The summed E-state index contributed by atoms with van der Waals surface area (Å²) < 4.78 is 1.08. The summed E-state index contributed by atoms with van der Waals surface area (Å²) in [5, 5.41) is 16.1. The third-order valence-corrected chi connectivity index (χ3v) is 7.11. The Bertz CT molecular complexity index is 1380. The molecule has 4 aromatic carbocycles. The summed E-state index contributed by atoms with van der Waals surface area (Å²) in [6, 6.07) is 29.7. The lowest BCUT2D eigenvalue weighted by atomic mass is 10.1. The smallest absolute Gasteiger partial charge is 0.269 e. The molecule has 4 aromatic rings. The molecule has 0 bridgehead atoms. The molecule has 0 radical (unpaired) electrons. The maximum absolute atomic E-state index is 13.3. The van der Waals surface area contributed by atoms with Crippen molar-refractivity contribution >= 4 is 63.2 Å². The van der Waals surface area contributed by atoms with Gasteiger partial charge in [-0.3, -0.25) is 19.7 Å². The second-order valence-electron chi connectivity index (χ2n) is 7.69. The average molecular weight is 609 g/mol. The molecule has 4 rings (SSSR count). The number of carbonyl (C=O) groups is 2. The quantitative estimate of drug-likeness (QED) is 0.0978. The molecule has 0 saturated heterocycles. The predicted molar refractivity (Wildman–Crippen MR) is 150 cm³/mol. The van der Waals surface area contributed by atoms with Crippen molar-refractivity contribution in [1.29, 1.82) is 0 Å².